The smallest absolute Gasteiger partial charge is 0.277 e. The minimum atomic E-state index is -3.00. The van der Waals surface area contributed by atoms with Crippen LogP contribution in [0.2, 0.25) is 5.02 Å². The van der Waals surface area contributed by atoms with Gasteiger partial charge in [0.15, 0.2) is 0 Å². The van der Waals surface area contributed by atoms with Gasteiger partial charge in [0.25, 0.3) is 0 Å². The molecule has 0 saturated heterocycles. The molecule has 78 valence electrons. The van der Waals surface area contributed by atoms with Gasteiger partial charge >= 0.3 is 5.05 Å². The molecule has 0 fully saturated rings. The number of hydrogen-bond donors (Lipinski definition) is 0. The molecule has 0 aliphatic rings. The Morgan fingerprint density at radius 3 is 2.50 bits per heavy atom. The maximum Gasteiger partial charge on any atom is 0.307 e. The standard InChI is InChI=1S/C8H8Cl3OPS/c9-8-4-2-1-3-7(8)5-6-14-13(10,11)12/h1-4H,5-6H2. The van der Waals surface area contributed by atoms with Gasteiger partial charge in [-0.05, 0) is 40.5 Å². The van der Waals surface area contributed by atoms with Crippen LogP contribution in [0.5, 0.6) is 0 Å². The number of halogens is 3. The van der Waals surface area contributed by atoms with Crippen LogP contribution >= 0.6 is 50.5 Å². The summed E-state index contributed by atoms with van der Waals surface area (Å²) in [5, 5.41) is -2.28. The normalized spacial score (nSPS) is 11.6. The molecule has 0 spiro atoms. The molecule has 1 aromatic carbocycles. The van der Waals surface area contributed by atoms with E-state index in [1.165, 1.54) is 0 Å². The fourth-order valence-corrected chi connectivity index (χ4v) is 3.87. The molecule has 0 heterocycles. The number of aryl methyl sites for hydroxylation is 1. The van der Waals surface area contributed by atoms with Crippen molar-refractivity contribution in [3.8, 4) is 0 Å². The highest BCUT2D eigenvalue weighted by atomic mass is 35.9. The molecule has 0 amide bonds. The second kappa shape index (κ2) is 5.67. The summed E-state index contributed by atoms with van der Waals surface area (Å²) >= 11 is 17.8. The van der Waals surface area contributed by atoms with Gasteiger partial charge in [-0.2, -0.15) is 0 Å². The first kappa shape index (κ1) is 12.7. The molecule has 0 bridgehead atoms. The summed E-state index contributed by atoms with van der Waals surface area (Å²) in [5.74, 6) is 0.605. The Labute approximate surface area is 102 Å². The lowest BCUT2D eigenvalue weighted by molar-refractivity contribution is 0.600. The fourth-order valence-electron chi connectivity index (χ4n) is 0.963. The second-order valence-electron chi connectivity index (χ2n) is 2.59. The molecular formula is C8H8Cl3OPS. The Morgan fingerprint density at radius 1 is 1.29 bits per heavy atom. The molecule has 0 aromatic heterocycles. The van der Waals surface area contributed by atoms with E-state index >= 15 is 0 Å². The zero-order chi connectivity index (χ0) is 10.6. The molecule has 0 saturated carbocycles. The lowest BCUT2D eigenvalue weighted by Crippen LogP contribution is -1.87. The van der Waals surface area contributed by atoms with Crippen LogP contribution in [-0.4, -0.2) is 5.75 Å². The average Bonchev–Trinajstić information content (AvgIpc) is 2.06. The Kier molecular flexibility index (Phi) is 5.16. The van der Waals surface area contributed by atoms with Crippen molar-refractivity contribution in [2.75, 3.05) is 5.75 Å². The van der Waals surface area contributed by atoms with Gasteiger partial charge in [-0.15, -0.1) is 0 Å². The molecular weight excluding hydrogens is 281 g/mol. The highest BCUT2D eigenvalue weighted by Crippen LogP contribution is 2.67. The summed E-state index contributed by atoms with van der Waals surface area (Å²) in [5.41, 5.74) is 1.02. The van der Waals surface area contributed by atoms with E-state index in [-0.39, 0.29) is 0 Å². The third kappa shape index (κ3) is 4.95. The van der Waals surface area contributed by atoms with Gasteiger partial charge < -0.3 is 0 Å². The molecule has 0 atom stereocenters. The van der Waals surface area contributed by atoms with Crippen LogP contribution < -0.4 is 0 Å². The summed E-state index contributed by atoms with van der Waals surface area (Å²) in [7, 11) is 0. The summed E-state index contributed by atoms with van der Waals surface area (Å²) in [4.78, 5) is 0. The molecule has 1 nitrogen and oxygen atoms in total. The maximum absolute atomic E-state index is 11.0. The van der Waals surface area contributed by atoms with E-state index < -0.39 is 5.05 Å². The van der Waals surface area contributed by atoms with Gasteiger partial charge in [0.2, 0.25) is 0 Å². The van der Waals surface area contributed by atoms with Crippen LogP contribution in [-0.2, 0) is 11.0 Å². The number of benzene rings is 1. The second-order valence-corrected chi connectivity index (χ2v) is 11.4. The molecule has 0 unspecified atom stereocenters. The van der Waals surface area contributed by atoms with Crippen LogP contribution in [0.1, 0.15) is 5.56 Å². The minimum Gasteiger partial charge on any atom is -0.277 e. The van der Waals surface area contributed by atoms with E-state index in [2.05, 4.69) is 0 Å². The SMILES string of the molecule is O=P(Cl)(Cl)SCCc1ccccc1Cl. The Morgan fingerprint density at radius 2 is 1.93 bits per heavy atom. The van der Waals surface area contributed by atoms with E-state index in [4.69, 9.17) is 34.1 Å². The molecule has 1 aromatic rings. The quantitative estimate of drug-likeness (QED) is 0.709. The van der Waals surface area contributed by atoms with Gasteiger partial charge in [-0.3, -0.25) is 4.57 Å². The predicted octanol–water partition coefficient (Wildman–Crippen LogP) is 5.20. The van der Waals surface area contributed by atoms with Crippen molar-refractivity contribution in [2.45, 2.75) is 6.42 Å². The van der Waals surface area contributed by atoms with Gasteiger partial charge in [0, 0.05) is 10.8 Å². The molecule has 0 aliphatic carbocycles. The molecule has 0 radical (unpaired) electrons. The summed E-state index contributed by atoms with van der Waals surface area (Å²) in [6.07, 6.45) is 0.716. The zero-order valence-electron chi connectivity index (χ0n) is 7.12. The van der Waals surface area contributed by atoms with Crippen molar-refractivity contribution in [2.24, 2.45) is 0 Å². The highest BCUT2D eigenvalue weighted by Gasteiger charge is 2.13. The van der Waals surface area contributed by atoms with E-state index in [0.29, 0.717) is 17.2 Å². The van der Waals surface area contributed by atoms with Crippen molar-refractivity contribution < 1.29 is 4.57 Å². The summed E-state index contributed by atoms with van der Waals surface area (Å²) < 4.78 is 11.0. The van der Waals surface area contributed by atoms with E-state index in [0.717, 1.165) is 16.9 Å². The Hall–Kier alpha value is 0.670. The van der Waals surface area contributed by atoms with Gasteiger partial charge in [0.1, 0.15) is 0 Å². The first-order valence-corrected chi connectivity index (χ1v) is 9.35. The summed E-state index contributed by atoms with van der Waals surface area (Å²) in [6, 6.07) is 7.53. The monoisotopic (exact) mass is 288 g/mol. The first-order chi connectivity index (χ1) is 6.49. The Balaban J connectivity index is 2.47. The van der Waals surface area contributed by atoms with E-state index in [9.17, 15) is 4.57 Å². The van der Waals surface area contributed by atoms with Gasteiger partial charge in [-0.25, -0.2) is 0 Å². The molecule has 1 rings (SSSR count). The van der Waals surface area contributed by atoms with E-state index in [1.54, 1.807) is 0 Å². The van der Waals surface area contributed by atoms with Crippen molar-refractivity contribution in [3.05, 3.63) is 34.9 Å². The van der Waals surface area contributed by atoms with Crippen LogP contribution in [0, 0.1) is 0 Å². The van der Waals surface area contributed by atoms with E-state index in [1.807, 2.05) is 24.3 Å². The fraction of sp³-hybridized carbons (Fsp3) is 0.250. The van der Waals surface area contributed by atoms with Crippen molar-refractivity contribution in [1.82, 2.24) is 0 Å². The third-order valence-electron chi connectivity index (χ3n) is 1.57. The van der Waals surface area contributed by atoms with Crippen LogP contribution in [0.25, 0.3) is 0 Å². The first-order valence-electron chi connectivity index (χ1n) is 3.86. The Bertz CT molecular complexity index is 352. The average molecular weight is 290 g/mol. The van der Waals surface area contributed by atoms with Crippen LogP contribution in [0.3, 0.4) is 0 Å². The predicted molar refractivity (Wildman–Crippen MR) is 66.9 cm³/mol. The molecule has 0 N–H and O–H groups in total. The van der Waals surface area contributed by atoms with Gasteiger partial charge in [-0.1, -0.05) is 41.2 Å². The molecule has 14 heavy (non-hydrogen) atoms. The third-order valence-corrected chi connectivity index (χ3v) is 5.83. The van der Waals surface area contributed by atoms with Crippen molar-refractivity contribution in [1.29, 1.82) is 0 Å². The summed E-state index contributed by atoms with van der Waals surface area (Å²) in [6.45, 7) is 0. The lowest BCUT2D eigenvalue weighted by atomic mass is 10.2. The topological polar surface area (TPSA) is 17.1 Å². The number of rotatable bonds is 4. The van der Waals surface area contributed by atoms with Crippen LogP contribution in [0.15, 0.2) is 24.3 Å². The van der Waals surface area contributed by atoms with Crippen molar-refractivity contribution in [3.63, 3.8) is 0 Å². The van der Waals surface area contributed by atoms with Gasteiger partial charge in [0.05, 0.1) is 0 Å². The largest absolute Gasteiger partial charge is 0.307 e. The highest BCUT2D eigenvalue weighted by molar-refractivity contribution is 8.72. The maximum atomic E-state index is 11.0. The zero-order valence-corrected chi connectivity index (χ0v) is 11.1. The number of hydrogen-bond acceptors (Lipinski definition) is 2. The molecule has 0 aliphatic heterocycles. The molecule has 6 heteroatoms. The van der Waals surface area contributed by atoms with Crippen LogP contribution in [0.4, 0.5) is 0 Å². The minimum absolute atomic E-state index is 0.605. The van der Waals surface area contributed by atoms with Crippen molar-refractivity contribution >= 4 is 50.5 Å². The lowest BCUT2D eigenvalue weighted by Gasteiger charge is -2.03.